The van der Waals surface area contributed by atoms with Crippen LogP contribution in [0.3, 0.4) is 0 Å². The van der Waals surface area contributed by atoms with Gasteiger partial charge in [-0.3, -0.25) is 0 Å². The van der Waals surface area contributed by atoms with Crippen LogP contribution in [0.4, 0.5) is 0 Å². The van der Waals surface area contributed by atoms with E-state index in [1.807, 2.05) is 12.1 Å². The van der Waals surface area contributed by atoms with Crippen molar-refractivity contribution in [2.24, 2.45) is 0 Å². The lowest BCUT2D eigenvalue weighted by Crippen LogP contribution is -1.70. The number of hydrogen-bond donors (Lipinski definition) is 1. The van der Waals surface area contributed by atoms with Gasteiger partial charge in [-0.15, -0.1) is 0 Å². The zero-order chi connectivity index (χ0) is 7.97. The summed E-state index contributed by atoms with van der Waals surface area (Å²) in [5.74, 6) is 0. The number of nitrogens with one attached hydrogen (secondary N) is 1. The highest BCUT2D eigenvalue weighted by molar-refractivity contribution is 6.02. The van der Waals surface area contributed by atoms with E-state index in [9.17, 15) is 0 Å². The minimum atomic E-state index is 0.889. The molecule has 0 atom stereocenters. The van der Waals surface area contributed by atoms with E-state index >= 15 is 0 Å². The summed E-state index contributed by atoms with van der Waals surface area (Å²) in [5, 5.41) is 12.6. The number of hydrogen-bond acceptors (Lipinski definition) is 3. The molecule has 0 fully saturated rings. The van der Waals surface area contributed by atoms with Crippen molar-refractivity contribution >= 4 is 21.8 Å². The Balaban J connectivity index is 2.71. The molecule has 0 amide bonds. The molecule has 0 bridgehead atoms. The number of rotatable bonds is 0. The zero-order valence-electron chi connectivity index (χ0n) is 6.11. The van der Waals surface area contributed by atoms with Crippen LogP contribution in [-0.4, -0.2) is 15.4 Å². The Labute approximate surface area is 67.2 Å². The largest absolute Gasteiger partial charge is 0.389 e. The predicted molar refractivity (Wildman–Crippen MR) is 43.7 cm³/mol. The fraction of sp³-hybridized carbons (Fsp3) is 0. The summed E-state index contributed by atoms with van der Waals surface area (Å²) in [6.07, 6.45) is 3.39. The van der Waals surface area contributed by atoms with Crippen molar-refractivity contribution in [3.8, 4) is 0 Å². The maximum Gasteiger partial charge on any atom is 0.128 e. The Hall–Kier alpha value is -1.84. The Bertz CT molecular complexity index is 487. The first-order valence-electron chi connectivity index (χ1n) is 3.61. The van der Waals surface area contributed by atoms with Crippen molar-refractivity contribution in [1.82, 2.24) is 15.4 Å². The van der Waals surface area contributed by atoms with E-state index in [2.05, 4.69) is 15.4 Å². The van der Waals surface area contributed by atoms with Crippen molar-refractivity contribution in [2.45, 2.75) is 0 Å². The van der Waals surface area contributed by atoms with Gasteiger partial charge in [-0.05, 0) is 12.1 Å². The molecule has 4 heteroatoms. The van der Waals surface area contributed by atoms with Crippen molar-refractivity contribution in [1.29, 1.82) is 0 Å². The van der Waals surface area contributed by atoms with Gasteiger partial charge in [0.2, 0.25) is 0 Å². The molecule has 0 spiro atoms. The van der Waals surface area contributed by atoms with E-state index in [0.717, 1.165) is 21.8 Å². The van der Waals surface area contributed by atoms with Gasteiger partial charge >= 0.3 is 0 Å². The highest BCUT2D eigenvalue weighted by Crippen LogP contribution is 2.21. The third kappa shape index (κ3) is 0.567. The van der Waals surface area contributed by atoms with Gasteiger partial charge in [0.15, 0.2) is 0 Å². The number of aromatic amines is 1. The number of benzene rings is 1. The third-order valence-electron chi connectivity index (χ3n) is 1.95. The molecule has 4 nitrogen and oxygen atoms in total. The van der Waals surface area contributed by atoms with Crippen LogP contribution in [-0.2, 0) is 0 Å². The van der Waals surface area contributed by atoms with Crippen LogP contribution in [0.15, 0.2) is 29.1 Å². The number of aromatic nitrogens is 3. The minimum Gasteiger partial charge on any atom is -0.389 e. The standard InChI is InChI=1S/C8H5N3O/c1-2-7-6(3-9-10-7)8-5(1)4-12-11-8/h1-4,11H. The highest BCUT2D eigenvalue weighted by atomic mass is 16.5. The normalized spacial score (nSPS) is 11.3. The zero-order valence-corrected chi connectivity index (χ0v) is 6.11. The first-order valence-corrected chi connectivity index (χ1v) is 3.61. The van der Waals surface area contributed by atoms with E-state index in [-0.39, 0.29) is 0 Å². The summed E-state index contributed by atoms with van der Waals surface area (Å²) in [6, 6.07) is 3.88. The maximum atomic E-state index is 4.96. The van der Waals surface area contributed by atoms with Crippen LogP contribution in [0.2, 0.25) is 0 Å². The van der Waals surface area contributed by atoms with Gasteiger partial charge < -0.3 is 4.52 Å². The van der Waals surface area contributed by atoms with Crippen LogP contribution < -0.4 is 0 Å². The summed E-state index contributed by atoms with van der Waals surface area (Å²) in [4.78, 5) is 0. The molecule has 3 rings (SSSR count). The van der Waals surface area contributed by atoms with Crippen LogP contribution in [0.5, 0.6) is 0 Å². The second kappa shape index (κ2) is 1.85. The topological polar surface area (TPSA) is 54.7 Å². The smallest absolute Gasteiger partial charge is 0.128 e. The summed E-state index contributed by atoms with van der Waals surface area (Å²) in [7, 11) is 0. The maximum absolute atomic E-state index is 4.96. The van der Waals surface area contributed by atoms with Crippen LogP contribution in [0.25, 0.3) is 21.8 Å². The molecule has 0 saturated heterocycles. The summed E-state index contributed by atoms with van der Waals surface area (Å²) >= 11 is 0. The van der Waals surface area contributed by atoms with E-state index in [4.69, 9.17) is 4.52 Å². The molecule has 0 aliphatic heterocycles. The summed E-state index contributed by atoms with van der Waals surface area (Å²) < 4.78 is 4.96. The lowest BCUT2D eigenvalue weighted by atomic mass is 10.2. The molecule has 0 unspecified atom stereocenters. The van der Waals surface area contributed by atoms with Gasteiger partial charge in [0.25, 0.3) is 0 Å². The molecular formula is C8H5N3O. The monoisotopic (exact) mass is 159 g/mol. The molecule has 2 aromatic heterocycles. The Morgan fingerprint density at radius 1 is 1.33 bits per heavy atom. The Kier molecular flexibility index (Phi) is 0.889. The molecule has 1 N–H and O–H groups in total. The van der Waals surface area contributed by atoms with Gasteiger partial charge in [0, 0.05) is 10.8 Å². The Morgan fingerprint density at radius 3 is 3.33 bits per heavy atom. The molecule has 1 aromatic carbocycles. The molecule has 12 heavy (non-hydrogen) atoms. The number of fused-ring (bicyclic) bond motifs is 3. The van der Waals surface area contributed by atoms with Crippen molar-refractivity contribution < 1.29 is 4.52 Å². The van der Waals surface area contributed by atoms with E-state index in [1.165, 1.54) is 0 Å². The number of H-pyrrole nitrogens is 1. The van der Waals surface area contributed by atoms with Crippen LogP contribution in [0.1, 0.15) is 0 Å². The summed E-state index contributed by atoms with van der Waals surface area (Å²) in [5.41, 5.74) is 1.85. The van der Waals surface area contributed by atoms with E-state index in [0.29, 0.717) is 0 Å². The molecule has 3 aromatic rings. The average molecular weight is 159 g/mol. The van der Waals surface area contributed by atoms with Gasteiger partial charge in [-0.25, -0.2) is 5.16 Å². The molecule has 0 aliphatic carbocycles. The molecule has 0 radical (unpaired) electrons. The first kappa shape index (κ1) is 5.77. The van der Waals surface area contributed by atoms with Crippen molar-refractivity contribution in [3.05, 3.63) is 24.6 Å². The van der Waals surface area contributed by atoms with Crippen LogP contribution >= 0.6 is 0 Å². The fourth-order valence-corrected chi connectivity index (χ4v) is 1.36. The van der Waals surface area contributed by atoms with Crippen LogP contribution in [0, 0.1) is 0 Å². The second-order valence-electron chi connectivity index (χ2n) is 2.64. The van der Waals surface area contributed by atoms with Gasteiger partial charge in [-0.1, -0.05) is 0 Å². The number of nitrogens with zero attached hydrogens (tertiary/aromatic N) is 2. The Morgan fingerprint density at radius 2 is 2.33 bits per heavy atom. The highest BCUT2D eigenvalue weighted by Gasteiger charge is 2.03. The van der Waals surface area contributed by atoms with Gasteiger partial charge in [-0.2, -0.15) is 10.2 Å². The SMILES string of the molecule is c1cc2nncc2c2[nH]occ12. The third-order valence-corrected chi connectivity index (χ3v) is 1.95. The fourth-order valence-electron chi connectivity index (χ4n) is 1.36. The van der Waals surface area contributed by atoms with E-state index in [1.54, 1.807) is 12.5 Å². The summed E-state index contributed by atoms with van der Waals surface area (Å²) in [6.45, 7) is 0. The molecule has 2 heterocycles. The van der Waals surface area contributed by atoms with Gasteiger partial charge in [0.05, 0.1) is 17.2 Å². The predicted octanol–water partition coefficient (Wildman–Crippen LogP) is 1.70. The van der Waals surface area contributed by atoms with E-state index < -0.39 is 0 Å². The van der Waals surface area contributed by atoms with Crippen molar-refractivity contribution in [3.63, 3.8) is 0 Å². The second-order valence-corrected chi connectivity index (χ2v) is 2.64. The van der Waals surface area contributed by atoms with Gasteiger partial charge in [0.1, 0.15) is 6.26 Å². The average Bonchev–Trinajstić information content (AvgIpc) is 2.71. The van der Waals surface area contributed by atoms with Crippen molar-refractivity contribution in [2.75, 3.05) is 0 Å². The molecule has 58 valence electrons. The lowest BCUT2D eigenvalue weighted by Gasteiger charge is -1.86. The molecule has 0 aliphatic rings. The lowest BCUT2D eigenvalue weighted by molar-refractivity contribution is 0.428. The quantitative estimate of drug-likeness (QED) is 0.543. The molecule has 0 saturated carbocycles. The minimum absolute atomic E-state index is 0.889. The molecular weight excluding hydrogens is 154 g/mol. The first-order chi connectivity index (χ1) is 5.95.